The Bertz CT molecular complexity index is 847. The molecule has 0 radical (unpaired) electrons. The average Bonchev–Trinajstić information content (AvgIpc) is 2.70. The normalized spacial score (nSPS) is 11.2. The number of nitrogens with one attached hydrogen (secondary N) is 1. The molecule has 1 aromatic carbocycles. The summed E-state index contributed by atoms with van der Waals surface area (Å²) in [6.07, 6.45) is 0.478. The third-order valence-electron chi connectivity index (χ3n) is 3.30. The second-order valence-electron chi connectivity index (χ2n) is 4.93. The molecular formula is C15H13F2N3S. The zero-order valence-corrected chi connectivity index (χ0v) is 12.2. The number of benzene rings is 1. The Morgan fingerprint density at radius 1 is 1.19 bits per heavy atom. The van der Waals surface area contributed by atoms with E-state index in [2.05, 4.69) is 9.97 Å². The predicted molar refractivity (Wildman–Crippen MR) is 79.7 cm³/mol. The fourth-order valence-corrected chi connectivity index (χ4v) is 2.62. The lowest BCUT2D eigenvalue weighted by Crippen LogP contribution is -2.03. The maximum atomic E-state index is 13.2. The van der Waals surface area contributed by atoms with Crippen LogP contribution in [0.3, 0.4) is 0 Å². The molecule has 21 heavy (non-hydrogen) atoms. The molecule has 0 saturated carbocycles. The quantitative estimate of drug-likeness (QED) is 0.744. The van der Waals surface area contributed by atoms with E-state index >= 15 is 0 Å². The van der Waals surface area contributed by atoms with Crippen molar-refractivity contribution in [2.45, 2.75) is 19.9 Å². The minimum absolute atomic E-state index is 0.478. The van der Waals surface area contributed by atoms with Crippen molar-refractivity contribution >= 4 is 23.4 Å². The Hall–Kier alpha value is -2.08. The fourth-order valence-electron chi connectivity index (χ4n) is 2.33. The van der Waals surface area contributed by atoms with Crippen LogP contribution in [-0.4, -0.2) is 14.5 Å². The molecule has 6 heteroatoms. The van der Waals surface area contributed by atoms with Gasteiger partial charge in [-0.1, -0.05) is 0 Å². The topological polar surface area (TPSA) is 33.6 Å². The molecule has 0 fully saturated rings. The molecule has 3 rings (SSSR count). The first kappa shape index (κ1) is 13.9. The third-order valence-corrected chi connectivity index (χ3v) is 3.63. The Morgan fingerprint density at radius 3 is 2.62 bits per heavy atom. The van der Waals surface area contributed by atoms with Crippen LogP contribution in [0.1, 0.15) is 11.3 Å². The highest BCUT2D eigenvalue weighted by molar-refractivity contribution is 7.71. The highest BCUT2D eigenvalue weighted by Crippen LogP contribution is 2.15. The van der Waals surface area contributed by atoms with E-state index in [0.717, 1.165) is 22.9 Å². The minimum atomic E-state index is -0.568. The number of aryl methyl sites for hydroxylation is 3. The number of aromatic amines is 1. The van der Waals surface area contributed by atoms with Crippen molar-refractivity contribution in [3.63, 3.8) is 0 Å². The van der Waals surface area contributed by atoms with Crippen LogP contribution >= 0.6 is 12.2 Å². The molecule has 0 unspecified atom stereocenters. The number of pyridine rings is 1. The zero-order valence-electron chi connectivity index (χ0n) is 11.4. The van der Waals surface area contributed by atoms with Crippen LogP contribution < -0.4 is 0 Å². The third kappa shape index (κ3) is 2.85. The summed E-state index contributed by atoms with van der Waals surface area (Å²) >= 11 is 5.28. The number of hydrogen-bond donors (Lipinski definition) is 1. The molecule has 2 aromatic heterocycles. The van der Waals surface area contributed by atoms with Crippen LogP contribution in [0.2, 0.25) is 0 Å². The molecule has 0 aliphatic rings. The largest absolute Gasteiger partial charge is 0.329 e. The monoisotopic (exact) mass is 305 g/mol. The zero-order chi connectivity index (χ0) is 15.0. The molecule has 108 valence electrons. The first-order chi connectivity index (χ1) is 10.0. The lowest BCUT2D eigenvalue weighted by molar-refractivity contribution is 0.576. The van der Waals surface area contributed by atoms with E-state index in [1.807, 2.05) is 23.6 Å². The molecule has 0 saturated heterocycles. The van der Waals surface area contributed by atoms with Crippen molar-refractivity contribution < 1.29 is 8.78 Å². The van der Waals surface area contributed by atoms with Gasteiger partial charge in [-0.2, -0.15) is 0 Å². The number of rotatable bonds is 3. The number of imidazole rings is 1. The highest BCUT2D eigenvalue weighted by atomic mass is 32.1. The van der Waals surface area contributed by atoms with E-state index in [1.165, 1.54) is 12.1 Å². The molecule has 3 aromatic rings. The molecular weight excluding hydrogens is 292 g/mol. The van der Waals surface area contributed by atoms with Gasteiger partial charge in [0.05, 0.1) is 5.52 Å². The van der Waals surface area contributed by atoms with E-state index in [9.17, 15) is 8.78 Å². The van der Waals surface area contributed by atoms with Crippen molar-refractivity contribution in [2.24, 2.45) is 0 Å². The van der Waals surface area contributed by atoms with Crippen molar-refractivity contribution in [1.82, 2.24) is 14.5 Å². The van der Waals surface area contributed by atoms with E-state index in [-0.39, 0.29) is 0 Å². The van der Waals surface area contributed by atoms with Gasteiger partial charge in [-0.3, -0.25) is 0 Å². The van der Waals surface area contributed by atoms with E-state index in [1.54, 1.807) is 0 Å². The van der Waals surface area contributed by atoms with Gasteiger partial charge in [-0.05, 0) is 55.4 Å². The average molecular weight is 305 g/mol. The lowest BCUT2D eigenvalue weighted by Gasteiger charge is -2.05. The number of H-pyrrole nitrogens is 1. The van der Waals surface area contributed by atoms with Gasteiger partial charge in [-0.15, -0.1) is 0 Å². The highest BCUT2D eigenvalue weighted by Gasteiger charge is 2.07. The summed E-state index contributed by atoms with van der Waals surface area (Å²) in [7, 11) is 0. The summed E-state index contributed by atoms with van der Waals surface area (Å²) in [5.41, 5.74) is 3.10. The molecule has 0 spiro atoms. The van der Waals surface area contributed by atoms with Gasteiger partial charge in [0, 0.05) is 18.3 Å². The van der Waals surface area contributed by atoms with Crippen LogP contribution in [0.4, 0.5) is 8.78 Å². The van der Waals surface area contributed by atoms with Crippen molar-refractivity contribution in [2.75, 3.05) is 0 Å². The van der Waals surface area contributed by atoms with Gasteiger partial charge < -0.3 is 9.55 Å². The summed E-state index contributed by atoms with van der Waals surface area (Å²) in [6.45, 7) is 2.42. The molecule has 2 heterocycles. The summed E-state index contributed by atoms with van der Waals surface area (Å²) < 4.78 is 28.8. The number of nitrogens with zero attached hydrogens (tertiary/aromatic N) is 2. The summed E-state index contributed by atoms with van der Waals surface area (Å²) in [6, 6.07) is 7.36. The second-order valence-corrected chi connectivity index (χ2v) is 5.32. The van der Waals surface area contributed by atoms with Gasteiger partial charge in [0.25, 0.3) is 0 Å². The Balaban J connectivity index is 1.93. The predicted octanol–water partition coefficient (Wildman–Crippen LogP) is 3.92. The van der Waals surface area contributed by atoms with Crippen molar-refractivity contribution in [3.8, 4) is 0 Å². The first-order valence-corrected chi connectivity index (χ1v) is 6.95. The number of halogens is 2. The van der Waals surface area contributed by atoms with Crippen LogP contribution in [-0.2, 0) is 13.0 Å². The van der Waals surface area contributed by atoms with Gasteiger partial charge in [0.15, 0.2) is 10.4 Å². The summed E-state index contributed by atoms with van der Waals surface area (Å²) in [4.78, 5) is 7.54. The van der Waals surface area contributed by atoms with Gasteiger partial charge in [-0.25, -0.2) is 13.8 Å². The molecule has 0 amide bonds. The second kappa shape index (κ2) is 5.37. The Kier molecular flexibility index (Phi) is 3.55. The number of aromatic nitrogens is 3. The first-order valence-electron chi connectivity index (χ1n) is 6.54. The van der Waals surface area contributed by atoms with Crippen LogP contribution in [0.15, 0.2) is 30.3 Å². The number of fused-ring (bicyclic) bond motifs is 1. The van der Waals surface area contributed by atoms with Gasteiger partial charge in [0.1, 0.15) is 11.6 Å². The van der Waals surface area contributed by atoms with E-state index in [0.29, 0.717) is 23.3 Å². The molecule has 1 N–H and O–H groups in total. The Labute approximate surface area is 125 Å². The van der Waals surface area contributed by atoms with Crippen molar-refractivity contribution in [3.05, 3.63) is 58.0 Å². The molecule has 3 nitrogen and oxygen atoms in total. The maximum absolute atomic E-state index is 13.2. The van der Waals surface area contributed by atoms with Gasteiger partial charge >= 0.3 is 0 Å². The van der Waals surface area contributed by atoms with Crippen LogP contribution in [0, 0.1) is 23.3 Å². The SMILES string of the molecule is Cc1ccc2[nH]c(=S)n(CCc3cc(F)cc(F)c3)c2n1. The van der Waals surface area contributed by atoms with Crippen LogP contribution in [0.5, 0.6) is 0 Å². The van der Waals surface area contributed by atoms with Crippen LogP contribution in [0.25, 0.3) is 11.2 Å². The molecule has 0 aliphatic carbocycles. The van der Waals surface area contributed by atoms with E-state index < -0.39 is 11.6 Å². The fraction of sp³-hybridized carbons (Fsp3) is 0.200. The maximum Gasteiger partial charge on any atom is 0.179 e. The van der Waals surface area contributed by atoms with E-state index in [4.69, 9.17) is 12.2 Å². The molecule has 0 aliphatic heterocycles. The lowest BCUT2D eigenvalue weighted by atomic mass is 10.1. The molecule has 0 atom stereocenters. The van der Waals surface area contributed by atoms with Gasteiger partial charge in [0.2, 0.25) is 0 Å². The summed E-state index contributed by atoms with van der Waals surface area (Å²) in [5.74, 6) is -1.14. The van der Waals surface area contributed by atoms with Crippen molar-refractivity contribution in [1.29, 1.82) is 0 Å². The molecule has 0 bridgehead atoms. The standard InChI is InChI=1S/C15H13F2N3S/c1-9-2-3-13-14(18-9)20(15(21)19-13)5-4-10-6-11(16)8-12(17)7-10/h2-3,6-8H,4-5H2,1H3,(H,19,21). The Morgan fingerprint density at radius 2 is 1.90 bits per heavy atom. The summed E-state index contributed by atoms with van der Waals surface area (Å²) in [5, 5.41) is 0. The minimum Gasteiger partial charge on any atom is -0.329 e. The smallest absolute Gasteiger partial charge is 0.179 e. The number of hydrogen-bond acceptors (Lipinski definition) is 2.